The van der Waals surface area contributed by atoms with E-state index in [9.17, 15) is 4.79 Å². The Kier molecular flexibility index (Phi) is 1.94. The third kappa shape index (κ3) is 1.33. The number of pyridine rings is 1. The highest BCUT2D eigenvalue weighted by Crippen LogP contribution is 2.18. The molecule has 0 aliphatic carbocycles. The second-order valence-corrected chi connectivity index (χ2v) is 2.51. The van der Waals surface area contributed by atoms with E-state index in [1.807, 2.05) is 0 Å². The lowest BCUT2D eigenvalue weighted by atomic mass is 10.2. The van der Waals surface area contributed by atoms with Crippen LogP contribution in [0.15, 0.2) is 29.2 Å². The molecule has 0 aliphatic rings. The van der Waals surface area contributed by atoms with Crippen LogP contribution < -0.4 is 0 Å². The van der Waals surface area contributed by atoms with Crippen LogP contribution in [0.5, 0.6) is 0 Å². The van der Waals surface area contributed by atoms with Crippen molar-refractivity contribution in [2.45, 2.75) is 0 Å². The molecule has 2 aromatic heterocycles. The molecule has 2 rings (SSSR count). The molecule has 0 saturated heterocycles. The smallest absolute Gasteiger partial charge is 0.360 e. The van der Waals surface area contributed by atoms with E-state index in [-0.39, 0.29) is 11.4 Å². The van der Waals surface area contributed by atoms with Crippen molar-refractivity contribution in [1.29, 1.82) is 0 Å². The van der Waals surface area contributed by atoms with Crippen LogP contribution in [-0.4, -0.2) is 26.4 Å². The van der Waals surface area contributed by atoms with Crippen molar-refractivity contribution in [3.8, 4) is 11.3 Å². The Morgan fingerprint density at radius 3 is 2.93 bits per heavy atom. The standard InChI is InChI=1S/C8H5N3O3/c12-8(13)7-6(10-14-11-7)5-2-1-3-9-4-5/h1-4H,(H,12,13). The van der Waals surface area contributed by atoms with Gasteiger partial charge in [0.15, 0.2) is 5.69 Å². The molecular weight excluding hydrogens is 186 g/mol. The molecule has 0 unspecified atom stereocenters. The molecule has 14 heavy (non-hydrogen) atoms. The van der Waals surface area contributed by atoms with Crippen LogP contribution in [0.4, 0.5) is 0 Å². The van der Waals surface area contributed by atoms with Gasteiger partial charge in [0.1, 0.15) is 0 Å². The summed E-state index contributed by atoms with van der Waals surface area (Å²) in [6.45, 7) is 0. The molecule has 0 atom stereocenters. The van der Waals surface area contributed by atoms with Crippen molar-refractivity contribution in [2.75, 3.05) is 0 Å². The van der Waals surface area contributed by atoms with Gasteiger partial charge in [0, 0.05) is 18.0 Å². The summed E-state index contributed by atoms with van der Waals surface area (Å²) in [4.78, 5) is 14.5. The number of aromatic nitrogens is 3. The molecule has 1 N–H and O–H groups in total. The van der Waals surface area contributed by atoms with Gasteiger partial charge in [0.25, 0.3) is 0 Å². The predicted molar refractivity (Wildman–Crippen MR) is 44.5 cm³/mol. The molecule has 0 spiro atoms. The van der Waals surface area contributed by atoms with E-state index in [1.54, 1.807) is 18.3 Å². The van der Waals surface area contributed by atoms with Gasteiger partial charge >= 0.3 is 5.97 Å². The third-order valence-electron chi connectivity index (χ3n) is 1.63. The van der Waals surface area contributed by atoms with Crippen molar-refractivity contribution in [3.05, 3.63) is 30.2 Å². The summed E-state index contributed by atoms with van der Waals surface area (Å²) in [6.07, 6.45) is 3.07. The lowest BCUT2D eigenvalue weighted by Gasteiger charge is -1.93. The molecule has 0 aromatic carbocycles. The van der Waals surface area contributed by atoms with Crippen molar-refractivity contribution in [2.24, 2.45) is 0 Å². The van der Waals surface area contributed by atoms with Crippen LogP contribution in [0.1, 0.15) is 10.5 Å². The first-order valence-electron chi connectivity index (χ1n) is 3.75. The highest BCUT2D eigenvalue weighted by atomic mass is 16.6. The van der Waals surface area contributed by atoms with E-state index in [4.69, 9.17) is 5.11 Å². The summed E-state index contributed by atoms with van der Waals surface area (Å²) in [7, 11) is 0. The Morgan fingerprint density at radius 2 is 2.29 bits per heavy atom. The topological polar surface area (TPSA) is 89.1 Å². The second kappa shape index (κ2) is 3.25. The Bertz CT molecular complexity index is 452. The van der Waals surface area contributed by atoms with Crippen molar-refractivity contribution >= 4 is 5.97 Å². The molecule has 0 saturated carbocycles. The van der Waals surface area contributed by atoms with E-state index in [0.29, 0.717) is 5.56 Å². The molecule has 2 heterocycles. The number of carboxylic acids is 1. The van der Waals surface area contributed by atoms with Crippen molar-refractivity contribution in [3.63, 3.8) is 0 Å². The molecule has 70 valence electrons. The molecule has 0 bridgehead atoms. The maximum absolute atomic E-state index is 10.7. The van der Waals surface area contributed by atoms with E-state index in [1.165, 1.54) is 6.20 Å². The normalized spacial score (nSPS) is 10.0. The van der Waals surface area contributed by atoms with E-state index in [0.717, 1.165) is 0 Å². The van der Waals surface area contributed by atoms with Crippen LogP contribution in [0.25, 0.3) is 11.3 Å². The zero-order valence-electron chi connectivity index (χ0n) is 6.91. The zero-order chi connectivity index (χ0) is 9.97. The van der Waals surface area contributed by atoms with Gasteiger partial charge in [-0.1, -0.05) is 0 Å². The molecular formula is C8H5N3O3. The first-order chi connectivity index (χ1) is 6.79. The Balaban J connectivity index is 2.52. The predicted octanol–water partition coefficient (Wildman–Crippen LogP) is 0.830. The minimum atomic E-state index is -1.18. The number of carbonyl (C=O) groups is 1. The van der Waals surface area contributed by atoms with Gasteiger partial charge in [-0.25, -0.2) is 9.42 Å². The second-order valence-electron chi connectivity index (χ2n) is 2.51. The fourth-order valence-corrected chi connectivity index (χ4v) is 1.02. The summed E-state index contributed by atoms with van der Waals surface area (Å²) in [5.41, 5.74) is 0.537. The van der Waals surface area contributed by atoms with Crippen LogP contribution in [0, 0.1) is 0 Å². The Morgan fingerprint density at radius 1 is 1.43 bits per heavy atom. The highest BCUT2D eigenvalue weighted by molar-refractivity contribution is 5.92. The van der Waals surface area contributed by atoms with Crippen LogP contribution >= 0.6 is 0 Å². The first-order valence-corrected chi connectivity index (χ1v) is 3.75. The van der Waals surface area contributed by atoms with Gasteiger partial charge in [-0.3, -0.25) is 4.98 Å². The fraction of sp³-hybridized carbons (Fsp3) is 0. The van der Waals surface area contributed by atoms with Gasteiger partial charge in [0.05, 0.1) is 0 Å². The minimum absolute atomic E-state index is 0.186. The quantitative estimate of drug-likeness (QED) is 0.756. The van der Waals surface area contributed by atoms with Gasteiger partial charge in [-0.15, -0.1) is 0 Å². The Labute approximate surface area is 78.2 Å². The maximum Gasteiger partial charge on any atom is 0.360 e. The summed E-state index contributed by atoms with van der Waals surface area (Å²) in [5, 5.41) is 15.5. The average molecular weight is 191 g/mol. The molecule has 0 radical (unpaired) electrons. The number of hydrogen-bond donors (Lipinski definition) is 1. The molecule has 0 amide bonds. The number of rotatable bonds is 2. The van der Waals surface area contributed by atoms with E-state index >= 15 is 0 Å². The number of aromatic carboxylic acids is 1. The van der Waals surface area contributed by atoms with Crippen LogP contribution in [-0.2, 0) is 0 Å². The van der Waals surface area contributed by atoms with Crippen molar-refractivity contribution < 1.29 is 14.5 Å². The fourth-order valence-electron chi connectivity index (χ4n) is 1.02. The number of hydrogen-bond acceptors (Lipinski definition) is 5. The first kappa shape index (κ1) is 8.36. The molecule has 6 heteroatoms. The molecule has 0 fully saturated rings. The lowest BCUT2D eigenvalue weighted by molar-refractivity contribution is 0.0685. The SMILES string of the molecule is O=C(O)c1nonc1-c1cccnc1. The monoisotopic (exact) mass is 191 g/mol. The summed E-state index contributed by atoms with van der Waals surface area (Å²) in [5.74, 6) is -1.18. The van der Waals surface area contributed by atoms with E-state index in [2.05, 4.69) is 19.9 Å². The van der Waals surface area contributed by atoms with E-state index < -0.39 is 5.97 Å². The number of nitrogens with zero attached hydrogens (tertiary/aromatic N) is 3. The third-order valence-corrected chi connectivity index (χ3v) is 1.63. The van der Waals surface area contributed by atoms with Gasteiger partial charge in [-0.2, -0.15) is 0 Å². The van der Waals surface area contributed by atoms with Crippen LogP contribution in [0.3, 0.4) is 0 Å². The lowest BCUT2D eigenvalue weighted by Crippen LogP contribution is -1.99. The highest BCUT2D eigenvalue weighted by Gasteiger charge is 2.18. The average Bonchev–Trinajstić information content (AvgIpc) is 2.67. The zero-order valence-corrected chi connectivity index (χ0v) is 6.91. The molecule has 2 aromatic rings. The largest absolute Gasteiger partial charge is 0.476 e. The number of carboxylic acid groups (broad SMARTS) is 1. The minimum Gasteiger partial charge on any atom is -0.476 e. The Hall–Kier alpha value is -2.24. The van der Waals surface area contributed by atoms with Gasteiger partial charge in [-0.05, 0) is 22.4 Å². The molecule has 6 nitrogen and oxygen atoms in total. The summed E-state index contributed by atoms with van der Waals surface area (Å²) >= 11 is 0. The van der Waals surface area contributed by atoms with Crippen LogP contribution in [0.2, 0.25) is 0 Å². The van der Waals surface area contributed by atoms with Gasteiger partial charge < -0.3 is 5.11 Å². The summed E-state index contributed by atoms with van der Waals surface area (Å²) in [6, 6.07) is 3.36. The van der Waals surface area contributed by atoms with Crippen molar-refractivity contribution in [1.82, 2.24) is 15.3 Å². The molecule has 0 aliphatic heterocycles. The summed E-state index contributed by atoms with van der Waals surface area (Å²) < 4.78 is 4.35. The van der Waals surface area contributed by atoms with Gasteiger partial charge in [0.2, 0.25) is 5.69 Å². The maximum atomic E-state index is 10.7.